The van der Waals surface area contributed by atoms with Gasteiger partial charge in [0.05, 0.1) is 12.7 Å². The summed E-state index contributed by atoms with van der Waals surface area (Å²) in [5.74, 6) is -0.795. The van der Waals surface area contributed by atoms with E-state index in [1.807, 2.05) is 0 Å². The second-order valence-corrected chi connectivity index (χ2v) is 3.77. The first-order valence-corrected chi connectivity index (χ1v) is 4.74. The zero-order valence-electron chi connectivity index (χ0n) is 9.75. The van der Waals surface area contributed by atoms with Crippen molar-refractivity contribution >= 4 is 18.4 Å². The summed E-state index contributed by atoms with van der Waals surface area (Å²) in [7, 11) is 1.13. The lowest BCUT2D eigenvalue weighted by molar-refractivity contribution is -0.147. The Balaban J connectivity index is 0.00000289. The average molecular weight is 284 g/mol. The van der Waals surface area contributed by atoms with Gasteiger partial charge in [0, 0.05) is 0 Å². The molecule has 1 aromatic carbocycles. The summed E-state index contributed by atoms with van der Waals surface area (Å²) >= 11 is 0. The molecule has 0 aromatic heterocycles. The standard InChI is InChI=1S/C11H12F3NO2.ClH/c1-10(15,9(16)17-2)7-4-3-5-8(6-7)11(12,13)14;/h3-6H,15H2,1-2H3;1H. The Kier molecular flexibility index (Phi) is 5.19. The van der Waals surface area contributed by atoms with Crippen molar-refractivity contribution in [1.82, 2.24) is 0 Å². The van der Waals surface area contributed by atoms with Crippen LogP contribution in [0.15, 0.2) is 24.3 Å². The monoisotopic (exact) mass is 283 g/mol. The Morgan fingerprint density at radius 2 is 1.78 bits per heavy atom. The first kappa shape index (κ1) is 16.7. The summed E-state index contributed by atoms with van der Waals surface area (Å²) in [6.07, 6.45) is -4.47. The molecule has 0 radical (unpaired) electrons. The van der Waals surface area contributed by atoms with Gasteiger partial charge in [-0.1, -0.05) is 12.1 Å². The highest BCUT2D eigenvalue weighted by Gasteiger charge is 2.35. The summed E-state index contributed by atoms with van der Waals surface area (Å²) in [5.41, 5.74) is 3.26. The van der Waals surface area contributed by atoms with Crippen molar-refractivity contribution in [3.63, 3.8) is 0 Å². The number of esters is 1. The molecule has 1 aromatic rings. The number of alkyl halides is 3. The van der Waals surface area contributed by atoms with Gasteiger partial charge in [0.25, 0.3) is 0 Å². The van der Waals surface area contributed by atoms with Gasteiger partial charge in [0.1, 0.15) is 5.54 Å². The zero-order chi connectivity index (χ0) is 13.3. The molecule has 0 aliphatic carbocycles. The number of ether oxygens (including phenoxy) is 1. The summed E-state index contributed by atoms with van der Waals surface area (Å²) < 4.78 is 41.9. The van der Waals surface area contributed by atoms with Gasteiger partial charge in [-0.25, -0.2) is 4.79 Å². The van der Waals surface area contributed by atoms with E-state index in [1.54, 1.807) is 0 Å². The quantitative estimate of drug-likeness (QED) is 0.849. The summed E-state index contributed by atoms with van der Waals surface area (Å²) in [4.78, 5) is 11.4. The minimum Gasteiger partial charge on any atom is -0.467 e. The third kappa shape index (κ3) is 3.36. The topological polar surface area (TPSA) is 52.3 Å². The SMILES string of the molecule is COC(=O)C(C)(N)c1cccc(C(F)(F)F)c1.Cl. The van der Waals surface area contributed by atoms with Crippen LogP contribution in [0.5, 0.6) is 0 Å². The van der Waals surface area contributed by atoms with E-state index in [4.69, 9.17) is 5.73 Å². The normalized spacial score (nSPS) is 14.3. The molecule has 0 saturated heterocycles. The van der Waals surface area contributed by atoms with Crippen molar-refractivity contribution < 1.29 is 22.7 Å². The van der Waals surface area contributed by atoms with E-state index in [9.17, 15) is 18.0 Å². The van der Waals surface area contributed by atoms with Gasteiger partial charge < -0.3 is 10.5 Å². The van der Waals surface area contributed by atoms with E-state index in [1.165, 1.54) is 19.1 Å². The van der Waals surface area contributed by atoms with Gasteiger partial charge >= 0.3 is 12.1 Å². The van der Waals surface area contributed by atoms with Gasteiger partial charge in [0.2, 0.25) is 0 Å². The summed E-state index contributed by atoms with van der Waals surface area (Å²) in [6, 6.07) is 4.31. The zero-order valence-corrected chi connectivity index (χ0v) is 10.6. The molecular weight excluding hydrogens is 271 g/mol. The van der Waals surface area contributed by atoms with Crippen molar-refractivity contribution in [3.05, 3.63) is 35.4 Å². The lowest BCUT2D eigenvalue weighted by Crippen LogP contribution is -2.42. The molecule has 0 aliphatic heterocycles. The maximum absolute atomic E-state index is 12.5. The first-order chi connectivity index (χ1) is 7.69. The molecule has 0 fully saturated rings. The molecule has 1 rings (SSSR count). The van der Waals surface area contributed by atoms with E-state index in [2.05, 4.69) is 4.74 Å². The van der Waals surface area contributed by atoms with Crippen LogP contribution in [0.25, 0.3) is 0 Å². The lowest BCUT2D eigenvalue weighted by atomic mass is 9.92. The van der Waals surface area contributed by atoms with Gasteiger partial charge in [-0.05, 0) is 24.6 Å². The highest BCUT2D eigenvalue weighted by atomic mass is 35.5. The van der Waals surface area contributed by atoms with Crippen LogP contribution in [0, 0.1) is 0 Å². The lowest BCUT2D eigenvalue weighted by Gasteiger charge is -2.22. The minimum atomic E-state index is -4.47. The molecule has 102 valence electrons. The Labute approximate surface area is 109 Å². The second kappa shape index (κ2) is 5.58. The molecule has 0 bridgehead atoms. The number of methoxy groups -OCH3 is 1. The van der Waals surface area contributed by atoms with E-state index < -0.39 is 23.2 Å². The van der Waals surface area contributed by atoms with E-state index in [0.717, 1.165) is 19.2 Å². The second-order valence-electron chi connectivity index (χ2n) is 3.77. The van der Waals surface area contributed by atoms with Crippen molar-refractivity contribution in [2.45, 2.75) is 18.6 Å². The number of rotatable bonds is 2. The molecule has 0 saturated carbocycles. The first-order valence-electron chi connectivity index (χ1n) is 4.74. The fourth-order valence-electron chi connectivity index (χ4n) is 1.35. The maximum atomic E-state index is 12.5. The van der Waals surface area contributed by atoms with Gasteiger partial charge in [0.15, 0.2) is 0 Å². The van der Waals surface area contributed by atoms with Crippen LogP contribution in [0.1, 0.15) is 18.1 Å². The number of nitrogens with two attached hydrogens (primary N) is 1. The molecule has 2 N–H and O–H groups in total. The van der Waals surface area contributed by atoms with Crippen LogP contribution in [-0.2, 0) is 21.2 Å². The smallest absolute Gasteiger partial charge is 0.416 e. The van der Waals surface area contributed by atoms with Crippen molar-refractivity contribution in [2.75, 3.05) is 7.11 Å². The third-order valence-electron chi connectivity index (χ3n) is 2.40. The Bertz CT molecular complexity index is 433. The minimum absolute atomic E-state index is 0. The average Bonchev–Trinajstić information content (AvgIpc) is 2.27. The number of halogens is 4. The number of carbonyl (C=O) groups excluding carboxylic acids is 1. The van der Waals surface area contributed by atoms with Crippen molar-refractivity contribution in [1.29, 1.82) is 0 Å². The number of carbonyl (C=O) groups is 1. The molecule has 1 unspecified atom stereocenters. The van der Waals surface area contributed by atoms with Gasteiger partial charge in [-0.15, -0.1) is 12.4 Å². The fourth-order valence-corrected chi connectivity index (χ4v) is 1.35. The van der Waals surface area contributed by atoms with Crippen LogP contribution in [0.3, 0.4) is 0 Å². The molecule has 0 heterocycles. The highest BCUT2D eigenvalue weighted by Crippen LogP contribution is 2.31. The number of hydrogen-bond acceptors (Lipinski definition) is 3. The van der Waals surface area contributed by atoms with E-state index in [-0.39, 0.29) is 18.0 Å². The van der Waals surface area contributed by atoms with Crippen LogP contribution >= 0.6 is 12.4 Å². The Morgan fingerprint density at radius 3 is 2.22 bits per heavy atom. The molecule has 7 heteroatoms. The van der Waals surface area contributed by atoms with Crippen molar-refractivity contribution in [2.24, 2.45) is 5.73 Å². The Morgan fingerprint density at radius 1 is 1.28 bits per heavy atom. The van der Waals surface area contributed by atoms with Crippen LogP contribution in [-0.4, -0.2) is 13.1 Å². The predicted molar refractivity (Wildman–Crippen MR) is 62.2 cm³/mol. The molecule has 0 amide bonds. The highest BCUT2D eigenvalue weighted by molar-refractivity contribution is 5.85. The summed E-state index contributed by atoms with van der Waals surface area (Å²) in [5, 5.41) is 0. The maximum Gasteiger partial charge on any atom is 0.416 e. The molecule has 0 spiro atoms. The van der Waals surface area contributed by atoms with E-state index >= 15 is 0 Å². The molecule has 18 heavy (non-hydrogen) atoms. The van der Waals surface area contributed by atoms with Crippen LogP contribution in [0.2, 0.25) is 0 Å². The predicted octanol–water partition coefficient (Wildman–Crippen LogP) is 2.47. The molecule has 3 nitrogen and oxygen atoms in total. The third-order valence-corrected chi connectivity index (χ3v) is 2.40. The van der Waals surface area contributed by atoms with Gasteiger partial charge in [-0.3, -0.25) is 0 Å². The fraction of sp³-hybridized carbons (Fsp3) is 0.364. The van der Waals surface area contributed by atoms with E-state index in [0.29, 0.717) is 0 Å². The summed E-state index contributed by atoms with van der Waals surface area (Å²) in [6.45, 7) is 1.30. The molecule has 1 atom stereocenters. The van der Waals surface area contributed by atoms with Crippen molar-refractivity contribution in [3.8, 4) is 0 Å². The number of benzene rings is 1. The van der Waals surface area contributed by atoms with Crippen LogP contribution < -0.4 is 5.73 Å². The molecular formula is C11H13ClF3NO2. The van der Waals surface area contributed by atoms with Gasteiger partial charge in [-0.2, -0.15) is 13.2 Å². The molecule has 0 aliphatic rings. The number of hydrogen-bond donors (Lipinski definition) is 1. The Hall–Kier alpha value is -1.27. The van der Waals surface area contributed by atoms with Crippen LogP contribution in [0.4, 0.5) is 13.2 Å². The largest absolute Gasteiger partial charge is 0.467 e.